The second-order valence-corrected chi connectivity index (χ2v) is 2.86. The van der Waals surface area contributed by atoms with Crippen LogP contribution in [0.2, 0.25) is 0 Å². The number of rotatable bonds is 5. The molecule has 0 aromatic heterocycles. The van der Waals surface area contributed by atoms with Crippen LogP contribution in [0.3, 0.4) is 0 Å². The molecule has 1 atom stereocenters. The van der Waals surface area contributed by atoms with Gasteiger partial charge >= 0.3 is 0 Å². The zero-order valence-electron chi connectivity index (χ0n) is 6.81. The van der Waals surface area contributed by atoms with Crippen molar-refractivity contribution in [3.63, 3.8) is 0 Å². The highest BCUT2D eigenvalue weighted by molar-refractivity contribution is 5.72. The van der Waals surface area contributed by atoms with E-state index in [4.69, 9.17) is 5.73 Å². The summed E-state index contributed by atoms with van der Waals surface area (Å²) in [6.07, 6.45) is 3.66. The lowest BCUT2D eigenvalue weighted by Gasteiger charge is -2.06. The molecule has 2 nitrogen and oxygen atoms in total. The largest absolute Gasteiger partial charge is 0.273 e. The van der Waals surface area contributed by atoms with Crippen molar-refractivity contribution in [1.29, 1.82) is 0 Å². The number of amides is 1. The topological polar surface area (TPSA) is 40.9 Å². The smallest absolute Gasteiger partial charge is 0.238 e. The normalized spacial score (nSPS) is 13.0. The first-order valence-corrected chi connectivity index (χ1v) is 3.91. The Morgan fingerprint density at radius 1 is 1.50 bits per heavy atom. The van der Waals surface area contributed by atoms with Gasteiger partial charge in [-0.2, -0.15) is 0 Å². The van der Waals surface area contributed by atoms with Crippen LogP contribution in [0.5, 0.6) is 0 Å². The van der Waals surface area contributed by atoms with Crippen molar-refractivity contribution in [1.82, 2.24) is 5.73 Å². The molecule has 2 heteroatoms. The maximum atomic E-state index is 10.2. The summed E-state index contributed by atoms with van der Waals surface area (Å²) < 4.78 is 0. The average Bonchev–Trinajstić information content (AvgIpc) is 1.85. The van der Waals surface area contributed by atoms with E-state index in [0.717, 1.165) is 6.42 Å². The minimum Gasteiger partial charge on any atom is -0.273 e. The molecule has 0 aliphatic heterocycles. The van der Waals surface area contributed by atoms with Crippen LogP contribution in [0, 0.1) is 5.92 Å². The Balaban J connectivity index is 3.21. The lowest BCUT2D eigenvalue weighted by atomic mass is 10.0. The molecule has 0 rings (SSSR count). The summed E-state index contributed by atoms with van der Waals surface area (Å²) in [5.41, 5.74) is 6.66. The zero-order valence-corrected chi connectivity index (χ0v) is 6.81. The van der Waals surface area contributed by atoms with Crippen LogP contribution in [-0.2, 0) is 4.79 Å². The van der Waals surface area contributed by atoms with Gasteiger partial charge in [0.25, 0.3) is 0 Å². The zero-order chi connectivity index (χ0) is 7.98. The molecule has 1 unspecified atom stereocenters. The third kappa shape index (κ3) is 5.60. The van der Waals surface area contributed by atoms with Crippen LogP contribution in [0.15, 0.2) is 0 Å². The Morgan fingerprint density at radius 3 is 2.50 bits per heavy atom. The first kappa shape index (κ1) is 9.47. The van der Waals surface area contributed by atoms with E-state index in [0.29, 0.717) is 12.3 Å². The fourth-order valence-corrected chi connectivity index (χ4v) is 1.01. The molecule has 59 valence electrons. The van der Waals surface area contributed by atoms with E-state index in [1.807, 2.05) is 0 Å². The van der Waals surface area contributed by atoms with Gasteiger partial charge in [0, 0.05) is 6.42 Å². The standard InChI is InChI=1S/C8H16NO/c1-3-4-7(2)5-6-8(9)10/h7,9H,3-6H2,1-2H3. The Labute approximate surface area is 62.8 Å². The number of carbonyl (C=O) groups excluding carboxylic acids is 1. The van der Waals surface area contributed by atoms with Gasteiger partial charge in [0.15, 0.2) is 0 Å². The lowest BCUT2D eigenvalue weighted by molar-refractivity contribution is -0.118. The number of hydrogen-bond acceptors (Lipinski definition) is 1. The third-order valence-corrected chi connectivity index (χ3v) is 1.65. The van der Waals surface area contributed by atoms with Crippen molar-refractivity contribution < 1.29 is 4.79 Å². The van der Waals surface area contributed by atoms with Crippen LogP contribution in [0.4, 0.5) is 0 Å². The molecular weight excluding hydrogens is 126 g/mol. The summed E-state index contributed by atoms with van der Waals surface area (Å²) in [7, 11) is 0. The fourth-order valence-electron chi connectivity index (χ4n) is 1.01. The second kappa shape index (κ2) is 5.27. The van der Waals surface area contributed by atoms with E-state index in [9.17, 15) is 4.79 Å². The highest BCUT2D eigenvalue weighted by Gasteiger charge is 2.02. The molecule has 0 fully saturated rings. The number of hydrogen-bond donors (Lipinski definition) is 0. The van der Waals surface area contributed by atoms with E-state index >= 15 is 0 Å². The molecule has 1 radical (unpaired) electrons. The Hall–Kier alpha value is -0.530. The van der Waals surface area contributed by atoms with Crippen molar-refractivity contribution in [3.05, 3.63) is 0 Å². The molecular formula is C8H16NO. The molecule has 0 aliphatic rings. The molecule has 0 aromatic carbocycles. The highest BCUT2D eigenvalue weighted by atomic mass is 16.1. The van der Waals surface area contributed by atoms with Gasteiger partial charge < -0.3 is 0 Å². The molecule has 0 aliphatic carbocycles. The summed E-state index contributed by atoms with van der Waals surface area (Å²) in [5, 5.41) is 0. The monoisotopic (exact) mass is 142 g/mol. The molecule has 0 bridgehead atoms. The summed E-state index contributed by atoms with van der Waals surface area (Å²) >= 11 is 0. The van der Waals surface area contributed by atoms with Gasteiger partial charge in [-0.3, -0.25) is 10.5 Å². The molecule has 10 heavy (non-hydrogen) atoms. The summed E-state index contributed by atoms with van der Waals surface area (Å²) in [5.74, 6) is 0.183. The Morgan fingerprint density at radius 2 is 2.10 bits per heavy atom. The molecule has 1 N–H and O–H groups in total. The highest BCUT2D eigenvalue weighted by Crippen LogP contribution is 2.11. The quantitative estimate of drug-likeness (QED) is 0.579. The van der Waals surface area contributed by atoms with E-state index < -0.39 is 5.91 Å². The molecule has 0 spiro atoms. The van der Waals surface area contributed by atoms with Crippen molar-refractivity contribution in [3.8, 4) is 0 Å². The minimum atomic E-state index is -0.428. The average molecular weight is 142 g/mol. The van der Waals surface area contributed by atoms with E-state index in [2.05, 4.69) is 13.8 Å². The minimum absolute atomic E-state index is 0.428. The summed E-state index contributed by atoms with van der Waals surface area (Å²) in [6.45, 7) is 4.27. The second-order valence-electron chi connectivity index (χ2n) is 2.86. The number of carbonyl (C=O) groups is 1. The van der Waals surface area contributed by atoms with Gasteiger partial charge in [0.2, 0.25) is 5.91 Å². The van der Waals surface area contributed by atoms with Gasteiger partial charge in [0.1, 0.15) is 0 Å². The predicted octanol–water partition coefficient (Wildman–Crippen LogP) is 2.01. The third-order valence-electron chi connectivity index (χ3n) is 1.65. The van der Waals surface area contributed by atoms with Crippen molar-refractivity contribution in [2.75, 3.05) is 0 Å². The van der Waals surface area contributed by atoms with Crippen LogP contribution in [0.1, 0.15) is 39.5 Å². The summed E-state index contributed by atoms with van der Waals surface area (Å²) in [6, 6.07) is 0. The van der Waals surface area contributed by atoms with E-state index in [1.165, 1.54) is 12.8 Å². The van der Waals surface area contributed by atoms with Crippen molar-refractivity contribution in [2.45, 2.75) is 39.5 Å². The van der Waals surface area contributed by atoms with Gasteiger partial charge in [-0.1, -0.05) is 26.7 Å². The molecule has 1 amide bonds. The lowest BCUT2D eigenvalue weighted by Crippen LogP contribution is -2.01. The van der Waals surface area contributed by atoms with Crippen molar-refractivity contribution in [2.24, 2.45) is 5.92 Å². The van der Waals surface area contributed by atoms with Crippen LogP contribution >= 0.6 is 0 Å². The van der Waals surface area contributed by atoms with E-state index in [-0.39, 0.29) is 0 Å². The summed E-state index contributed by atoms with van der Waals surface area (Å²) in [4.78, 5) is 10.2. The molecule has 0 aromatic rings. The number of nitrogens with one attached hydrogen (secondary N) is 1. The van der Waals surface area contributed by atoms with Gasteiger partial charge in [0.05, 0.1) is 0 Å². The first-order valence-electron chi connectivity index (χ1n) is 3.91. The first-order chi connectivity index (χ1) is 4.66. The van der Waals surface area contributed by atoms with Crippen LogP contribution < -0.4 is 5.73 Å². The van der Waals surface area contributed by atoms with Crippen molar-refractivity contribution >= 4 is 5.91 Å². The van der Waals surface area contributed by atoms with Gasteiger partial charge in [-0.25, -0.2) is 0 Å². The van der Waals surface area contributed by atoms with E-state index in [1.54, 1.807) is 0 Å². The molecule has 0 saturated heterocycles. The molecule has 0 heterocycles. The Kier molecular flexibility index (Phi) is 4.99. The van der Waals surface area contributed by atoms with Crippen LogP contribution in [-0.4, -0.2) is 5.91 Å². The maximum absolute atomic E-state index is 10.2. The predicted molar refractivity (Wildman–Crippen MR) is 41.4 cm³/mol. The molecule has 0 saturated carbocycles. The Bertz CT molecular complexity index is 101. The van der Waals surface area contributed by atoms with Crippen LogP contribution in [0.25, 0.3) is 0 Å². The SMILES string of the molecule is CCCC(C)CCC([NH])=O. The van der Waals surface area contributed by atoms with Gasteiger partial charge in [-0.05, 0) is 12.3 Å². The maximum Gasteiger partial charge on any atom is 0.238 e. The van der Waals surface area contributed by atoms with Gasteiger partial charge in [-0.15, -0.1) is 0 Å². The fraction of sp³-hybridized carbons (Fsp3) is 0.875.